The predicted octanol–water partition coefficient (Wildman–Crippen LogP) is -3.64. The van der Waals surface area contributed by atoms with Gasteiger partial charge in [-0.1, -0.05) is 53.9 Å². The Labute approximate surface area is 386 Å². The first-order chi connectivity index (χ1) is 31.1. The third-order valence-corrected chi connectivity index (χ3v) is 11.2. The first kappa shape index (κ1) is 57.9. The smallest absolute Gasteiger partial charge is 0.245 e. The topological polar surface area (TPSA) is 381 Å². The SMILES string of the molecule is CCC[C@H](NC(=O)[C@H](CO)NC(=O)[C@H](NC(=O)[C@H](CCC(N)=O)NC(=O)CNC(C)=O)[C@H](C)CC)C(=O)N[C@H](C(=O)N[C@@H](CCCN=C(N)N)C(=O)N1CCC[C@H]1C(=O)NCC)[C@@H](C)CC. The normalized spacial score (nSPS) is 16.8. The Kier molecular flexibility index (Phi) is 26.5. The molecular formula is C42H75N13O11. The number of nitrogens with one attached hydrogen (secondary N) is 8. The molecule has 66 heavy (non-hydrogen) atoms. The minimum Gasteiger partial charge on any atom is -0.394 e. The molecule has 10 amide bonds. The third kappa shape index (κ3) is 20.0. The highest BCUT2D eigenvalue weighted by Gasteiger charge is 2.39. The van der Waals surface area contributed by atoms with Crippen molar-refractivity contribution in [3.8, 4) is 0 Å². The van der Waals surface area contributed by atoms with Crippen molar-refractivity contribution >= 4 is 65.0 Å². The van der Waals surface area contributed by atoms with E-state index < -0.39 is 120 Å². The van der Waals surface area contributed by atoms with Crippen molar-refractivity contribution in [3.05, 3.63) is 0 Å². The van der Waals surface area contributed by atoms with Gasteiger partial charge in [-0.15, -0.1) is 0 Å². The highest BCUT2D eigenvalue weighted by molar-refractivity contribution is 5.98. The summed E-state index contributed by atoms with van der Waals surface area (Å²) in [7, 11) is 0. The van der Waals surface area contributed by atoms with E-state index in [0.717, 1.165) is 0 Å². The summed E-state index contributed by atoms with van der Waals surface area (Å²) in [4.78, 5) is 136. The number of likely N-dealkylation sites (tertiary alicyclic amines) is 1. The van der Waals surface area contributed by atoms with Gasteiger partial charge in [-0.25, -0.2) is 0 Å². The molecule has 0 spiro atoms. The molecule has 0 aromatic heterocycles. The Balaban J connectivity index is 3.30. The number of aliphatic imine (C=N–C) groups is 1. The molecule has 1 saturated heterocycles. The standard InChI is InChI=1S/C42H75N13O11/c1-8-14-26(50-37(62)29(22-56)52-40(65)34(24(6)10-3)54-36(61)27(17-18-31(43)58)49-32(59)21-48-25(7)57)35(60)53-33(23(5)9-2)39(64)51-28(15-12-19-47-42(44)45)41(66)55-20-13-16-30(55)38(63)46-11-4/h23-24,26-30,33-34,56H,8-22H2,1-7H3,(H2,43,58)(H,46,63)(H,48,57)(H,49,59)(H,50,62)(H,51,64)(H,52,65)(H,53,60)(H,54,61)(H4,44,45,47)/t23-,24+,26-,27-,28-,29-,30-,33-,34+/m0/s1. The molecule has 0 bridgehead atoms. The molecule has 24 heteroatoms. The zero-order valence-electron chi connectivity index (χ0n) is 39.5. The molecule has 1 heterocycles. The van der Waals surface area contributed by atoms with Crippen LogP contribution in [-0.4, -0.2) is 150 Å². The average molecular weight is 938 g/mol. The van der Waals surface area contributed by atoms with Crippen molar-refractivity contribution < 1.29 is 53.1 Å². The Morgan fingerprint density at radius 2 is 1.21 bits per heavy atom. The van der Waals surface area contributed by atoms with Crippen molar-refractivity contribution in [3.63, 3.8) is 0 Å². The van der Waals surface area contributed by atoms with Gasteiger partial charge >= 0.3 is 0 Å². The molecule has 24 nitrogen and oxygen atoms in total. The summed E-state index contributed by atoms with van der Waals surface area (Å²) < 4.78 is 0. The van der Waals surface area contributed by atoms with Crippen LogP contribution in [0.25, 0.3) is 0 Å². The van der Waals surface area contributed by atoms with Gasteiger partial charge in [-0.05, 0) is 57.3 Å². The minimum atomic E-state index is -1.62. The number of hydrogen-bond donors (Lipinski definition) is 12. The molecule has 0 aromatic carbocycles. The van der Waals surface area contributed by atoms with E-state index in [4.69, 9.17) is 17.2 Å². The van der Waals surface area contributed by atoms with Crippen molar-refractivity contribution in [1.82, 2.24) is 47.4 Å². The van der Waals surface area contributed by atoms with Crippen LogP contribution in [0.4, 0.5) is 0 Å². The zero-order chi connectivity index (χ0) is 50.1. The number of aliphatic hydroxyl groups is 1. The monoisotopic (exact) mass is 938 g/mol. The number of hydrogen-bond acceptors (Lipinski definition) is 12. The van der Waals surface area contributed by atoms with Crippen molar-refractivity contribution in [2.75, 3.05) is 32.8 Å². The average Bonchev–Trinajstić information content (AvgIpc) is 3.77. The molecular weight excluding hydrogens is 863 g/mol. The molecule has 1 aliphatic heterocycles. The van der Waals surface area contributed by atoms with Crippen LogP contribution in [0.3, 0.4) is 0 Å². The number of aliphatic hydroxyl groups excluding tert-OH is 1. The fourth-order valence-electron chi connectivity index (χ4n) is 7.02. The fourth-order valence-corrected chi connectivity index (χ4v) is 7.02. The van der Waals surface area contributed by atoms with E-state index >= 15 is 0 Å². The maximum atomic E-state index is 14.1. The van der Waals surface area contributed by atoms with Crippen LogP contribution in [0.15, 0.2) is 4.99 Å². The molecule has 0 radical (unpaired) electrons. The first-order valence-corrected chi connectivity index (χ1v) is 22.7. The largest absolute Gasteiger partial charge is 0.394 e. The number of nitrogens with two attached hydrogens (primary N) is 3. The number of likely N-dealkylation sites (N-methyl/N-ethyl adjacent to an activating group) is 1. The van der Waals surface area contributed by atoms with Crippen molar-refractivity contribution in [2.24, 2.45) is 34.0 Å². The number of nitrogens with zero attached hydrogens (tertiary/aromatic N) is 2. The van der Waals surface area contributed by atoms with Crippen LogP contribution in [0.5, 0.6) is 0 Å². The van der Waals surface area contributed by atoms with Gasteiger partial charge in [0, 0.05) is 33.0 Å². The van der Waals surface area contributed by atoms with E-state index in [-0.39, 0.29) is 44.1 Å². The highest BCUT2D eigenvalue weighted by Crippen LogP contribution is 2.20. The lowest BCUT2D eigenvalue weighted by Gasteiger charge is -2.31. The van der Waals surface area contributed by atoms with E-state index in [9.17, 15) is 53.1 Å². The predicted molar refractivity (Wildman–Crippen MR) is 243 cm³/mol. The molecule has 1 fully saturated rings. The second-order valence-electron chi connectivity index (χ2n) is 16.5. The molecule has 374 valence electrons. The van der Waals surface area contributed by atoms with Crippen molar-refractivity contribution in [1.29, 1.82) is 0 Å². The maximum Gasteiger partial charge on any atom is 0.245 e. The Hall–Kier alpha value is -6.07. The Morgan fingerprint density at radius 3 is 1.70 bits per heavy atom. The number of guanidine groups is 1. The summed E-state index contributed by atoms with van der Waals surface area (Å²) in [5.74, 6) is -8.12. The van der Waals surface area contributed by atoms with Gasteiger partial charge in [-0.2, -0.15) is 0 Å². The van der Waals surface area contributed by atoms with E-state index in [0.29, 0.717) is 51.6 Å². The summed E-state index contributed by atoms with van der Waals surface area (Å²) in [5, 5.41) is 30.8. The summed E-state index contributed by atoms with van der Waals surface area (Å²) in [5.41, 5.74) is 16.2. The molecule has 1 rings (SSSR count). The fraction of sp³-hybridized carbons (Fsp3) is 0.738. The van der Waals surface area contributed by atoms with Crippen LogP contribution in [0.2, 0.25) is 0 Å². The van der Waals surface area contributed by atoms with Crippen LogP contribution in [0.1, 0.15) is 113 Å². The van der Waals surface area contributed by atoms with Crippen LogP contribution >= 0.6 is 0 Å². The highest BCUT2D eigenvalue weighted by atomic mass is 16.3. The lowest BCUT2D eigenvalue weighted by atomic mass is 9.96. The molecule has 0 aromatic rings. The van der Waals surface area contributed by atoms with Gasteiger partial charge in [0.25, 0.3) is 0 Å². The summed E-state index contributed by atoms with van der Waals surface area (Å²) in [6.45, 7) is 11.0. The first-order valence-electron chi connectivity index (χ1n) is 22.7. The van der Waals surface area contributed by atoms with Crippen LogP contribution in [0, 0.1) is 11.8 Å². The van der Waals surface area contributed by atoms with Gasteiger partial charge in [0.1, 0.15) is 42.3 Å². The summed E-state index contributed by atoms with van der Waals surface area (Å²) >= 11 is 0. The number of carbonyl (C=O) groups excluding carboxylic acids is 10. The molecule has 0 aliphatic carbocycles. The molecule has 0 saturated carbocycles. The van der Waals surface area contributed by atoms with Gasteiger partial charge in [-0.3, -0.25) is 52.9 Å². The van der Waals surface area contributed by atoms with Crippen molar-refractivity contribution in [2.45, 2.75) is 155 Å². The Morgan fingerprint density at radius 1 is 0.682 bits per heavy atom. The molecule has 1 aliphatic rings. The van der Waals surface area contributed by atoms with E-state index in [2.05, 4.69) is 47.5 Å². The third-order valence-electron chi connectivity index (χ3n) is 11.2. The maximum absolute atomic E-state index is 14.1. The number of primary amides is 1. The molecule has 15 N–H and O–H groups in total. The van der Waals surface area contributed by atoms with Gasteiger partial charge in [0.15, 0.2) is 5.96 Å². The van der Waals surface area contributed by atoms with Gasteiger partial charge in [0.2, 0.25) is 59.1 Å². The summed E-state index contributed by atoms with van der Waals surface area (Å²) in [6, 6.07) is -8.57. The molecule has 9 atom stereocenters. The van der Waals surface area contributed by atoms with E-state index in [1.54, 1.807) is 41.5 Å². The molecule has 0 unspecified atom stereocenters. The number of carbonyl (C=O) groups is 10. The second-order valence-corrected chi connectivity index (χ2v) is 16.5. The van der Waals surface area contributed by atoms with E-state index in [1.807, 2.05) is 0 Å². The Bertz CT molecular complexity index is 1710. The quantitative estimate of drug-likeness (QED) is 0.0188. The summed E-state index contributed by atoms with van der Waals surface area (Å²) in [6.07, 6.45) is 2.11. The number of rotatable bonds is 30. The van der Waals surface area contributed by atoms with Gasteiger partial charge in [0.05, 0.1) is 13.2 Å². The number of amides is 10. The van der Waals surface area contributed by atoms with Gasteiger partial charge < -0.3 is 69.7 Å². The lowest BCUT2D eigenvalue weighted by molar-refractivity contribution is -0.142. The lowest BCUT2D eigenvalue weighted by Crippen LogP contribution is -2.62. The second kappa shape index (κ2) is 30.2. The minimum absolute atomic E-state index is 0.0759. The zero-order valence-corrected chi connectivity index (χ0v) is 39.5. The van der Waals surface area contributed by atoms with E-state index in [1.165, 1.54) is 11.8 Å². The van der Waals surface area contributed by atoms with Crippen LogP contribution < -0.4 is 59.7 Å². The van der Waals surface area contributed by atoms with Crippen LogP contribution in [-0.2, 0) is 47.9 Å².